The fraction of sp³-hybridized carbons (Fsp3) is 0.500. The molecule has 0 saturated carbocycles. The third-order valence-corrected chi connectivity index (χ3v) is 4.01. The largest absolute Gasteiger partial charge is 0.352 e. The number of carbonyl (C=O) groups is 1. The molecule has 5 heteroatoms. The van der Waals surface area contributed by atoms with Crippen LogP contribution in [0, 0.1) is 0 Å². The molecule has 2 rings (SSSR count). The van der Waals surface area contributed by atoms with Gasteiger partial charge in [-0.05, 0) is 41.0 Å². The molecule has 1 aliphatic rings. The van der Waals surface area contributed by atoms with Gasteiger partial charge in [0.2, 0.25) is 5.91 Å². The van der Waals surface area contributed by atoms with Gasteiger partial charge in [0.15, 0.2) is 0 Å². The van der Waals surface area contributed by atoms with Crippen molar-refractivity contribution in [3.05, 3.63) is 20.8 Å². The van der Waals surface area contributed by atoms with Crippen LogP contribution in [-0.4, -0.2) is 25.0 Å². The third-order valence-electron chi connectivity index (χ3n) is 2.39. The Morgan fingerprint density at radius 2 is 2.53 bits per heavy atom. The van der Waals surface area contributed by atoms with E-state index in [0.29, 0.717) is 12.5 Å². The van der Waals surface area contributed by atoms with Gasteiger partial charge in [0.05, 0.1) is 10.2 Å². The molecule has 1 aromatic heterocycles. The molecule has 1 aromatic rings. The first-order valence-electron chi connectivity index (χ1n) is 4.98. The topological polar surface area (TPSA) is 41.1 Å². The molecule has 1 atom stereocenters. The van der Waals surface area contributed by atoms with Crippen molar-refractivity contribution < 1.29 is 4.79 Å². The first-order chi connectivity index (χ1) is 7.24. The average molecular weight is 289 g/mol. The lowest BCUT2D eigenvalue weighted by atomic mass is 10.2. The van der Waals surface area contributed by atoms with Gasteiger partial charge < -0.3 is 10.6 Å². The quantitative estimate of drug-likeness (QED) is 0.886. The van der Waals surface area contributed by atoms with Gasteiger partial charge in [-0.1, -0.05) is 0 Å². The zero-order valence-corrected chi connectivity index (χ0v) is 10.7. The lowest BCUT2D eigenvalue weighted by Crippen LogP contribution is -2.36. The van der Waals surface area contributed by atoms with Gasteiger partial charge in [-0.3, -0.25) is 4.79 Å². The first-order valence-corrected chi connectivity index (χ1v) is 6.59. The molecule has 15 heavy (non-hydrogen) atoms. The van der Waals surface area contributed by atoms with E-state index in [1.165, 1.54) is 0 Å². The van der Waals surface area contributed by atoms with Crippen LogP contribution in [-0.2, 0) is 11.2 Å². The number of hydrogen-bond donors (Lipinski definition) is 2. The van der Waals surface area contributed by atoms with Crippen LogP contribution in [0.25, 0.3) is 0 Å². The third kappa shape index (κ3) is 3.29. The highest BCUT2D eigenvalue weighted by atomic mass is 79.9. The molecule has 3 nitrogen and oxygen atoms in total. The van der Waals surface area contributed by atoms with E-state index in [9.17, 15) is 4.79 Å². The molecule has 0 aromatic carbocycles. The minimum Gasteiger partial charge on any atom is -0.352 e. The predicted molar refractivity (Wildman–Crippen MR) is 65.1 cm³/mol. The van der Waals surface area contributed by atoms with Crippen molar-refractivity contribution in [3.63, 3.8) is 0 Å². The lowest BCUT2D eigenvalue weighted by Gasteiger charge is -2.10. The SMILES string of the molecule is O=C(Cc1ccc(Br)s1)NC1CCNC1. The van der Waals surface area contributed by atoms with E-state index in [1.807, 2.05) is 12.1 Å². The number of halogens is 1. The Morgan fingerprint density at radius 1 is 1.67 bits per heavy atom. The molecule has 1 unspecified atom stereocenters. The summed E-state index contributed by atoms with van der Waals surface area (Å²) >= 11 is 5.00. The molecule has 0 aliphatic carbocycles. The van der Waals surface area contributed by atoms with Crippen LogP contribution in [0.3, 0.4) is 0 Å². The summed E-state index contributed by atoms with van der Waals surface area (Å²) in [5, 5.41) is 6.25. The number of thiophene rings is 1. The Labute approximate surface area is 101 Å². The molecule has 0 bridgehead atoms. The van der Waals surface area contributed by atoms with Crippen molar-refractivity contribution >= 4 is 33.2 Å². The van der Waals surface area contributed by atoms with Crippen LogP contribution in [0.4, 0.5) is 0 Å². The van der Waals surface area contributed by atoms with Crippen molar-refractivity contribution in [3.8, 4) is 0 Å². The fourth-order valence-electron chi connectivity index (χ4n) is 1.66. The number of rotatable bonds is 3. The molecule has 1 saturated heterocycles. The maximum atomic E-state index is 11.6. The summed E-state index contributed by atoms with van der Waals surface area (Å²) < 4.78 is 1.08. The molecular weight excluding hydrogens is 276 g/mol. The number of carbonyl (C=O) groups excluding carboxylic acids is 1. The molecule has 0 spiro atoms. The Morgan fingerprint density at radius 3 is 3.13 bits per heavy atom. The van der Waals surface area contributed by atoms with E-state index in [0.717, 1.165) is 28.2 Å². The summed E-state index contributed by atoms with van der Waals surface area (Å²) in [6.07, 6.45) is 1.53. The van der Waals surface area contributed by atoms with Gasteiger partial charge in [-0.2, -0.15) is 0 Å². The molecule has 1 amide bonds. The Balaban J connectivity index is 1.81. The van der Waals surface area contributed by atoms with Gasteiger partial charge in [0, 0.05) is 17.5 Å². The number of amides is 1. The average Bonchev–Trinajstić information content (AvgIpc) is 2.77. The van der Waals surface area contributed by atoms with Gasteiger partial charge >= 0.3 is 0 Å². The molecule has 82 valence electrons. The van der Waals surface area contributed by atoms with Gasteiger partial charge in [-0.25, -0.2) is 0 Å². The second-order valence-corrected chi connectivity index (χ2v) is 6.19. The van der Waals surface area contributed by atoms with Crippen molar-refractivity contribution in [1.29, 1.82) is 0 Å². The van der Waals surface area contributed by atoms with Crippen LogP contribution in [0.2, 0.25) is 0 Å². The monoisotopic (exact) mass is 288 g/mol. The van der Waals surface area contributed by atoms with Gasteiger partial charge in [0.1, 0.15) is 0 Å². The summed E-state index contributed by atoms with van der Waals surface area (Å²) in [5.74, 6) is 0.123. The standard InChI is InChI=1S/C10H13BrN2OS/c11-9-2-1-8(15-9)5-10(14)13-7-3-4-12-6-7/h1-2,7,12H,3-6H2,(H,13,14). The van der Waals surface area contributed by atoms with Gasteiger partial charge in [0.25, 0.3) is 0 Å². The van der Waals surface area contributed by atoms with E-state index >= 15 is 0 Å². The maximum Gasteiger partial charge on any atom is 0.225 e. The lowest BCUT2D eigenvalue weighted by molar-refractivity contribution is -0.120. The highest BCUT2D eigenvalue weighted by molar-refractivity contribution is 9.11. The highest BCUT2D eigenvalue weighted by Gasteiger charge is 2.16. The fourth-order valence-corrected chi connectivity index (χ4v) is 3.14. The summed E-state index contributed by atoms with van der Waals surface area (Å²) in [5.41, 5.74) is 0. The molecular formula is C10H13BrN2OS. The molecule has 1 aliphatic heterocycles. The summed E-state index contributed by atoms with van der Waals surface area (Å²) in [7, 11) is 0. The van der Waals surface area contributed by atoms with E-state index < -0.39 is 0 Å². The first kappa shape index (κ1) is 11.1. The Hall–Kier alpha value is -0.390. The van der Waals surface area contributed by atoms with Gasteiger partial charge in [-0.15, -0.1) is 11.3 Å². The van der Waals surface area contributed by atoms with E-state index in [-0.39, 0.29) is 5.91 Å². The van der Waals surface area contributed by atoms with E-state index in [1.54, 1.807) is 11.3 Å². The second-order valence-electron chi connectivity index (χ2n) is 3.64. The van der Waals surface area contributed by atoms with Crippen LogP contribution >= 0.6 is 27.3 Å². The van der Waals surface area contributed by atoms with E-state index in [4.69, 9.17) is 0 Å². The predicted octanol–water partition coefficient (Wildman–Crippen LogP) is 1.53. The van der Waals surface area contributed by atoms with Crippen LogP contribution in [0.5, 0.6) is 0 Å². The minimum absolute atomic E-state index is 0.123. The van der Waals surface area contributed by atoms with Crippen molar-refractivity contribution in [1.82, 2.24) is 10.6 Å². The zero-order chi connectivity index (χ0) is 10.7. The summed E-state index contributed by atoms with van der Waals surface area (Å²) in [6.45, 7) is 1.91. The van der Waals surface area contributed by atoms with Crippen molar-refractivity contribution in [2.45, 2.75) is 18.9 Å². The number of nitrogens with one attached hydrogen (secondary N) is 2. The maximum absolute atomic E-state index is 11.6. The molecule has 0 radical (unpaired) electrons. The zero-order valence-electron chi connectivity index (χ0n) is 8.25. The van der Waals surface area contributed by atoms with Crippen LogP contribution in [0.15, 0.2) is 15.9 Å². The Kier molecular flexibility index (Phi) is 3.77. The minimum atomic E-state index is 0.123. The van der Waals surface area contributed by atoms with Crippen LogP contribution in [0.1, 0.15) is 11.3 Å². The molecule has 2 heterocycles. The highest BCUT2D eigenvalue weighted by Crippen LogP contribution is 2.22. The Bertz CT molecular complexity index is 347. The molecule has 1 fully saturated rings. The van der Waals surface area contributed by atoms with Crippen molar-refractivity contribution in [2.24, 2.45) is 0 Å². The van der Waals surface area contributed by atoms with E-state index in [2.05, 4.69) is 26.6 Å². The van der Waals surface area contributed by atoms with Crippen molar-refractivity contribution in [2.75, 3.05) is 13.1 Å². The second kappa shape index (κ2) is 5.09. The normalized spacial score (nSPS) is 20.5. The summed E-state index contributed by atoms with van der Waals surface area (Å²) in [4.78, 5) is 12.7. The smallest absolute Gasteiger partial charge is 0.225 e. The summed E-state index contributed by atoms with van der Waals surface area (Å²) in [6, 6.07) is 4.28. The van der Waals surface area contributed by atoms with Crippen LogP contribution < -0.4 is 10.6 Å². The number of hydrogen-bond acceptors (Lipinski definition) is 3. The molecule has 2 N–H and O–H groups in total.